The van der Waals surface area contributed by atoms with Gasteiger partial charge in [-0.25, -0.2) is 0 Å². The molecule has 0 aliphatic heterocycles. The van der Waals surface area contributed by atoms with Gasteiger partial charge in [0.05, 0.1) is 0 Å². The number of carboxylic acid groups (broad SMARTS) is 1. The van der Waals surface area contributed by atoms with Gasteiger partial charge in [-0.2, -0.15) is 0 Å². The van der Waals surface area contributed by atoms with E-state index in [1.807, 2.05) is 0 Å². The van der Waals surface area contributed by atoms with Gasteiger partial charge >= 0.3 is 5.97 Å². The number of rotatable bonds is 4. The summed E-state index contributed by atoms with van der Waals surface area (Å²) >= 11 is 0. The van der Waals surface area contributed by atoms with Gasteiger partial charge in [-0.3, -0.25) is 4.79 Å². The molecule has 13 heavy (non-hydrogen) atoms. The summed E-state index contributed by atoms with van der Waals surface area (Å²) in [6, 6.07) is 0. The van der Waals surface area contributed by atoms with Crippen molar-refractivity contribution in [3.63, 3.8) is 0 Å². The Labute approximate surface area is 100 Å². The van der Waals surface area contributed by atoms with E-state index in [2.05, 4.69) is 0 Å². The topological polar surface area (TPSA) is 37.3 Å². The molecule has 0 bridgehead atoms. The van der Waals surface area contributed by atoms with Gasteiger partial charge in [-0.1, -0.05) is 32.1 Å². The van der Waals surface area contributed by atoms with E-state index >= 15 is 0 Å². The largest absolute Gasteiger partial charge is 0.481 e. The van der Waals surface area contributed by atoms with Crippen LogP contribution in [-0.4, -0.2) is 11.1 Å². The van der Waals surface area contributed by atoms with Gasteiger partial charge in [0, 0.05) is 33.7 Å². The molecular formula is C10H18CdO2. The first kappa shape index (κ1) is 13.4. The van der Waals surface area contributed by atoms with E-state index in [-0.39, 0.29) is 27.3 Å². The first-order chi connectivity index (χ1) is 5.79. The van der Waals surface area contributed by atoms with Crippen molar-refractivity contribution in [3.8, 4) is 0 Å². The first-order valence-electron chi connectivity index (χ1n) is 5.01. The fourth-order valence-corrected chi connectivity index (χ4v) is 2.02. The second-order valence-corrected chi connectivity index (χ2v) is 3.79. The Balaban J connectivity index is 0.00000144. The van der Waals surface area contributed by atoms with Crippen molar-refractivity contribution in [2.75, 3.05) is 0 Å². The third kappa shape index (κ3) is 6.46. The normalized spacial score (nSPS) is 17.8. The molecule has 0 unspecified atom stereocenters. The maximum Gasteiger partial charge on any atom is 0.303 e. The standard InChI is InChI=1S/C10H18O2.Cd/c11-10(12)8-4-7-9-5-2-1-3-6-9;/h9H,1-8H2,(H,11,12);. The van der Waals surface area contributed by atoms with Crippen LogP contribution in [0.1, 0.15) is 51.4 Å². The van der Waals surface area contributed by atoms with Crippen molar-refractivity contribution >= 4 is 5.97 Å². The molecule has 0 heterocycles. The summed E-state index contributed by atoms with van der Waals surface area (Å²) < 4.78 is 0. The van der Waals surface area contributed by atoms with Crippen LogP contribution < -0.4 is 0 Å². The molecule has 0 atom stereocenters. The van der Waals surface area contributed by atoms with Gasteiger partial charge in [-0.15, -0.1) is 0 Å². The Hall–Kier alpha value is 0.392. The van der Waals surface area contributed by atoms with Gasteiger partial charge in [0.25, 0.3) is 0 Å². The summed E-state index contributed by atoms with van der Waals surface area (Å²) in [5.74, 6) is 0.184. The molecule has 0 spiro atoms. The molecule has 0 aromatic rings. The number of carboxylic acids is 1. The Bertz CT molecular complexity index is 142. The molecule has 1 aliphatic carbocycles. The second-order valence-electron chi connectivity index (χ2n) is 3.79. The van der Waals surface area contributed by atoms with E-state index in [9.17, 15) is 4.79 Å². The Morgan fingerprint density at radius 2 is 1.85 bits per heavy atom. The average Bonchev–Trinajstić information content (AvgIpc) is 2.05. The molecule has 1 aliphatic rings. The molecule has 0 saturated heterocycles. The number of aliphatic carboxylic acids is 1. The van der Waals surface area contributed by atoms with Crippen molar-refractivity contribution < 1.29 is 37.2 Å². The van der Waals surface area contributed by atoms with Crippen LogP contribution in [0.4, 0.5) is 0 Å². The Kier molecular flexibility index (Phi) is 8.00. The summed E-state index contributed by atoms with van der Waals surface area (Å²) in [7, 11) is 0. The van der Waals surface area contributed by atoms with Crippen molar-refractivity contribution in [3.05, 3.63) is 0 Å². The van der Waals surface area contributed by atoms with E-state index in [1.54, 1.807) is 0 Å². The zero-order valence-electron chi connectivity index (χ0n) is 8.30. The minimum Gasteiger partial charge on any atom is -0.481 e. The minimum absolute atomic E-state index is 0. The Morgan fingerprint density at radius 3 is 2.38 bits per heavy atom. The van der Waals surface area contributed by atoms with E-state index in [4.69, 9.17) is 5.11 Å². The van der Waals surface area contributed by atoms with E-state index in [0.717, 1.165) is 18.8 Å². The molecule has 72 valence electrons. The van der Waals surface area contributed by atoms with E-state index < -0.39 is 5.97 Å². The van der Waals surface area contributed by atoms with Gasteiger partial charge in [0.2, 0.25) is 0 Å². The molecule has 2 nitrogen and oxygen atoms in total. The van der Waals surface area contributed by atoms with Crippen LogP contribution in [0.2, 0.25) is 0 Å². The van der Waals surface area contributed by atoms with Crippen LogP contribution in [0.25, 0.3) is 0 Å². The van der Waals surface area contributed by atoms with Crippen LogP contribution in [0.15, 0.2) is 0 Å². The first-order valence-corrected chi connectivity index (χ1v) is 5.01. The monoisotopic (exact) mass is 284 g/mol. The quantitative estimate of drug-likeness (QED) is 0.805. The van der Waals surface area contributed by atoms with Crippen molar-refractivity contribution in [1.82, 2.24) is 0 Å². The summed E-state index contributed by atoms with van der Waals surface area (Å²) in [5.41, 5.74) is 0. The molecule has 1 rings (SSSR count). The summed E-state index contributed by atoms with van der Waals surface area (Å²) in [6.45, 7) is 0. The van der Waals surface area contributed by atoms with Crippen LogP contribution >= 0.6 is 0 Å². The van der Waals surface area contributed by atoms with Crippen molar-refractivity contribution in [1.29, 1.82) is 0 Å². The summed E-state index contributed by atoms with van der Waals surface area (Å²) in [6.07, 6.45) is 9.13. The van der Waals surface area contributed by atoms with Gasteiger partial charge in [-0.05, 0) is 18.8 Å². The van der Waals surface area contributed by atoms with E-state index in [0.29, 0.717) is 6.42 Å². The SMILES string of the molecule is O=C(O)CCCC1CCCCC1.[Cd]. The van der Waals surface area contributed by atoms with Gasteiger partial charge < -0.3 is 5.11 Å². The minimum atomic E-state index is -0.647. The third-order valence-corrected chi connectivity index (χ3v) is 2.73. The molecular weight excluding hydrogens is 265 g/mol. The molecule has 1 saturated carbocycles. The molecule has 1 N–H and O–H groups in total. The van der Waals surface area contributed by atoms with Crippen LogP contribution in [-0.2, 0) is 32.1 Å². The van der Waals surface area contributed by atoms with Crippen molar-refractivity contribution in [2.45, 2.75) is 51.4 Å². The maximum atomic E-state index is 10.2. The predicted molar refractivity (Wildman–Crippen MR) is 48.1 cm³/mol. The molecule has 0 amide bonds. The predicted octanol–water partition coefficient (Wildman–Crippen LogP) is 2.82. The van der Waals surface area contributed by atoms with Crippen molar-refractivity contribution in [2.24, 2.45) is 5.92 Å². The molecule has 0 radical (unpaired) electrons. The number of carbonyl (C=O) groups is 1. The van der Waals surface area contributed by atoms with Gasteiger partial charge in [0.15, 0.2) is 0 Å². The summed E-state index contributed by atoms with van der Waals surface area (Å²) in [5, 5.41) is 8.44. The fraction of sp³-hybridized carbons (Fsp3) is 0.900. The van der Waals surface area contributed by atoms with Gasteiger partial charge in [0.1, 0.15) is 0 Å². The maximum absolute atomic E-state index is 10.2. The van der Waals surface area contributed by atoms with Crippen LogP contribution in [0, 0.1) is 5.92 Å². The molecule has 0 aromatic carbocycles. The third-order valence-electron chi connectivity index (χ3n) is 2.73. The summed E-state index contributed by atoms with van der Waals surface area (Å²) in [4.78, 5) is 10.2. The number of hydrogen-bond donors (Lipinski definition) is 1. The van der Waals surface area contributed by atoms with Crippen LogP contribution in [0.3, 0.4) is 0 Å². The van der Waals surface area contributed by atoms with Crippen LogP contribution in [0.5, 0.6) is 0 Å². The zero-order valence-corrected chi connectivity index (χ0v) is 12.3. The molecule has 1 fully saturated rings. The smallest absolute Gasteiger partial charge is 0.303 e. The zero-order chi connectivity index (χ0) is 8.81. The molecule has 3 heteroatoms. The average molecular weight is 283 g/mol. The van der Waals surface area contributed by atoms with E-state index in [1.165, 1.54) is 32.1 Å². The fourth-order valence-electron chi connectivity index (χ4n) is 2.02. The second kappa shape index (κ2) is 7.76. The molecule has 0 aromatic heterocycles. The number of hydrogen-bond acceptors (Lipinski definition) is 1. The Morgan fingerprint density at radius 1 is 1.23 bits per heavy atom.